The van der Waals surface area contributed by atoms with Gasteiger partial charge in [0.1, 0.15) is 5.76 Å². The number of nitrogens with zero attached hydrogens (tertiary/aromatic N) is 1. The average Bonchev–Trinajstić information content (AvgIpc) is 2.90. The lowest BCUT2D eigenvalue weighted by Crippen LogP contribution is -2.40. The van der Waals surface area contributed by atoms with Crippen molar-refractivity contribution in [3.63, 3.8) is 0 Å². The molecule has 0 aromatic carbocycles. The van der Waals surface area contributed by atoms with Crippen molar-refractivity contribution in [3.8, 4) is 0 Å². The molecule has 0 aliphatic carbocycles. The van der Waals surface area contributed by atoms with Gasteiger partial charge in [0.05, 0.1) is 18.9 Å². The molecule has 0 spiro atoms. The number of piperidine rings is 1. The van der Waals surface area contributed by atoms with Crippen LogP contribution in [0.2, 0.25) is 0 Å². The fraction of sp³-hybridized carbons (Fsp3) is 0.714. The molecule has 1 fully saturated rings. The second-order valence-electron chi connectivity index (χ2n) is 4.75. The third kappa shape index (κ3) is 4.44. The number of likely N-dealkylation sites (tertiary alicyclic amines) is 1. The summed E-state index contributed by atoms with van der Waals surface area (Å²) in [6.45, 7) is 8.18. The molecule has 0 saturated carbocycles. The van der Waals surface area contributed by atoms with E-state index in [1.807, 2.05) is 12.1 Å². The van der Waals surface area contributed by atoms with Crippen molar-refractivity contribution in [2.45, 2.75) is 32.4 Å². The van der Waals surface area contributed by atoms with Gasteiger partial charge in [0.25, 0.3) is 0 Å². The zero-order chi connectivity index (χ0) is 12.6. The lowest BCUT2D eigenvalue weighted by molar-refractivity contribution is 0.0145. The zero-order valence-corrected chi connectivity index (χ0v) is 11.2. The predicted molar refractivity (Wildman–Crippen MR) is 71.5 cm³/mol. The fourth-order valence-corrected chi connectivity index (χ4v) is 2.40. The van der Waals surface area contributed by atoms with E-state index in [4.69, 9.17) is 9.15 Å². The lowest BCUT2D eigenvalue weighted by atomic mass is 10.1. The maximum absolute atomic E-state index is 5.65. The average molecular weight is 252 g/mol. The molecule has 1 saturated heterocycles. The summed E-state index contributed by atoms with van der Waals surface area (Å²) in [4.78, 5) is 2.50. The number of ether oxygens (including phenoxy) is 1. The van der Waals surface area contributed by atoms with E-state index >= 15 is 0 Å². The van der Waals surface area contributed by atoms with Gasteiger partial charge in [-0.2, -0.15) is 0 Å². The first-order chi connectivity index (χ1) is 8.88. The van der Waals surface area contributed by atoms with Crippen molar-refractivity contribution in [3.05, 3.63) is 24.2 Å². The second-order valence-corrected chi connectivity index (χ2v) is 4.75. The maximum atomic E-state index is 5.65. The van der Waals surface area contributed by atoms with E-state index in [1.54, 1.807) is 6.26 Å². The highest BCUT2D eigenvalue weighted by Gasteiger charge is 2.18. The third-order valence-electron chi connectivity index (χ3n) is 3.42. The first kappa shape index (κ1) is 13.6. The summed E-state index contributed by atoms with van der Waals surface area (Å²) in [5.41, 5.74) is 0. The van der Waals surface area contributed by atoms with Gasteiger partial charge in [-0.05, 0) is 31.9 Å². The van der Waals surface area contributed by atoms with Crippen molar-refractivity contribution in [2.24, 2.45) is 0 Å². The van der Waals surface area contributed by atoms with Gasteiger partial charge in [-0.1, -0.05) is 0 Å². The van der Waals surface area contributed by atoms with Gasteiger partial charge < -0.3 is 19.4 Å². The van der Waals surface area contributed by atoms with Crippen LogP contribution in [-0.4, -0.2) is 43.8 Å². The van der Waals surface area contributed by atoms with Gasteiger partial charge in [0.2, 0.25) is 0 Å². The number of nitrogens with one attached hydrogen (secondary N) is 1. The smallest absolute Gasteiger partial charge is 0.117 e. The summed E-state index contributed by atoms with van der Waals surface area (Å²) >= 11 is 0. The van der Waals surface area contributed by atoms with E-state index in [9.17, 15) is 0 Å². The highest BCUT2D eigenvalue weighted by Crippen LogP contribution is 2.12. The first-order valence-electron chi connectivity index (χ1n) is 6.95. The van der Waals surface area contributed by atoms with Crippen LogP contribution >= 0.6 is 0 Å². The topological polar surface area (TPSA) is 37.6 Å². The molecular formula is C14H24N2O2. The van der Waals surface area contributed by atoms with E-state index in [-0.39, 0.29) is 0 Å². The molecule has 1 aromatic heterocycles. The number of hydrogen-bond acceptors (Lipinski definition) is 4. The van der Waals surface area contributed by atoms with Crippen LogP contribution in [0.4, 0.5) is 0 Å². The van der Waals surface area contributed by atoms with Crippen LogP contribution in [-0.2, 0) is 11.3 Å². The fourth-order valence-electron chi connectivity index (χ4n) is 2.40. The van der Waals surface area contributed by atoms with Gasteiger partial charge in [0.15, 0.2) is 0 Å². The molecule has 18 heavy (non-hydrogen) atoms. The molecule has 0 atom stereocenters. The van der Waals surface area contributed by atoms with Crippen LogP contribution in [0.1, 0.15) is 25.5 Å². The quantitative estimate of drug-likeness (QED) is 0.752. The summed E-state index contributed by atoms with van der Waals surface area (Å²) in [6, 6.07) is 3.93. The van der Waals surface area contributed by atoms with E-state index in [0.29, 0.717) is 6.10 Å². The van der Waals surface area contributed by atoms with Crippen LogP contribution in [0.15, 0.2) is 22.8 Å². The molecule has 1 N–H and O–H groups in total. The van der Waals surface area contributed by atoms with Crippen molar-refractivity contribution in [1.29, 1.82) is 0 Å². The maximum Gasteiger partial charge on any atom is 0.117 e. The van der Waals surface area contributed by atoms with E-state index in [2.05, 4.69) is 17.1 Å². The molecule has 4 nitrogen and oxygen atoms in total. The Hall–Kier alpha value is -0.840. The molecule has 0 unspecified atom stereocenters. The minimum atomic E-state index is 0.488. The molecule has 0 amide bonds. The van der Waals surface area contributed by atoms with Crippen LogP contribution in [0.5, 0.6) is 0 Å². The SMILES string of the molecule is CCOC1CCN(CCNCc2ccco2)CC1. The standard InChI is InChI=1S/C14H24N2O2/c1-2-17-13-5-8-16(9-6-13)10-7-15-12-14-4-3-11-18-14/h3-4,11,13,15H,2,5-10,12H2,1H3. The summed E-state index contributed by atoms with van der Waals surface area (Å²) in [7, 11) is 0. The number of furan rings is 1. The molecule has 1 aliphatic heterocycles. The normalized spacial score (nSPS) is 18.3. The van der Waals surface area contributed by atoms with E-state index in [1.165, 1.54) is 12.8 Å². The van der Waals surface area contributed by atoms with Gasteiger partial charge in [-0.25, -0.2) is 0 Å². The summed E-state index contributed by atoms with van der Waals surface area (Å²) in [6.07, 6.45) is 4.55. The summed E-state index contributed by atoms with van der Waals surface area (Å²) in [5.74, 6) is 1.00. The van der Waals surface area contributed by atoms with Gasteiger partial charge >= 0.3 is 0 Å². The minimum absolute atomic E-state index is 0.488. The highest BCUT2D eigenvalue weighted by molar-refractivity contribution is 4.97. The Balaban J connectivity index is 1.53. The second kappa shape index (κ2) is 7.56. The minimum Gasteiger partial charge on any atom is -0.468 e. The van der Waals surface area contributed by atoms with Crippen LogP contribution in [0.3, 0.4) is 0 Å². The predicted octanol–water partition coefficient (Wildman–Crippen LogP) is 1.87. The molecule has 102 valence electrons. The Bertz CT molecular complexity index is 306. The zero-order valence-electron chi connectivity index (χ0n) is 11.2. The molecule has 2 heterocycles. The molecule has 4 heteroatoms. The molecule has 1 aromatic rings. The van der Waals surface area contributed by atoms with Gasteiger partial charge in [-0.15, -0.1) is 0 Å². The largest absolute Gasteiger partial charge is 0.468 e. The molecule has 2 rings (SSSR count). The van der Waals surface area contributed by atoms with Gasteiger partial charge in [-0.3, -0.25) is 0 Å². The third-order valence-corrected chi connectivity index (χ3v) is 3.42. The summed E-state index contributed by atoms with van der Waals surface area (Å²) in [5, 5.41) is 3.40. The monoisotopic (exact) mass is 252 g/mol. The van der Waals surface area contributed by atoms with Crippen LogP contribution in [0.25, 0.3) is 0 Å². The van der Waals surface area contributed by atoms with Crippen molar-refractivity contribution in [2.75, 3.05) is 32.8 Å². The Morgan fingerprint density at radius 3 is 2.94 bits per heavy atom. The Labute approximate surface area is 109 Å². The number of hydrogen-bond donors (Lipinski definition) is 1. The van der Waals surface area contributed by atoms with E-state index < -0.39 is 0 Å². The molecule has 0 bridgehead atoms. The Morgan fingerprint density at radius 1 is 1.44 bits per heavy atom. The van der Waals surface area contributed by atoms with Crippen molar-refractivity contribution >= 4 is 0 Å². The number of rotatable bonds is 7. The molecular weight excluding hydrogens is 228 g/mol. The van der Waals surface area contributed by atoms with Crippen molar-refractivity contribution < 1.29 is 9.15 Å². The Kier molecular flexibility index (Phi) is 5.71. The van der Waals surface area contributed by atoms with Crippen LogP contribution in [0, 0.1) is 0 Å². The molecule has 1 aliphatic rings. The lowest BCUT2D eigenvalue weighted by Gasteiger charge is -2.31. The van der Waals surface area contributed by atoms with Crippen LogP contribution < -0.4 is 5.32 Å². The first-order valence-corrected chi connectivity index (χ1v) is 6.95. The van der Waals surface area contributed by atoms with Gasteiger partial charge in [0, 0.05) is 32.8 Å². The van der Waals surface area contributed by atoms with Crippen molar-refractivity contribution in [1.82, 2.24) is 10.2 Å². The highest BCUT2D eigenvalue weighted by atomic mass is 16.5. The van der Waals surface area contributed by atoms with E-state index in [0.717, 1.165) is 45.1 Å². The Morgan fingerprint density at radius 2 is 2.28 bits per heavy atom. The molecule has 0 radical (unpaired) electrons. The summed E-state index contributed by atoms with van der Waals surface area (Å²) < 4.78 is 10.9.